The van der Waals surface area contributed by atoms with Crippen molar-refractivity contribution in [1.29, 1.82) is 0 Å². The van der Waals surface area contributed by atoms with E-state index in [1.165, 1.54) is 12.1 Å². The number of urea groups is 1. The Morgan fingerprint density at radius 3 is 2.65 bits per heavy atom. The van der Waals surface area contributed by atoms with Crippen LogP contribution < -0.4 is 10.6 Å². The lowest BCUT2D eigenvalue weighted by atomic mass is 9.70. The predicted molar refractivity (Wildman–Crippen MR) is 72.3 cm³/mol. The molecule has 1 fully saturated rings. The molecule has 0 spiro atoms. The number of carboxylic acid groups (broad SMARTS) is 1. The SMILES string of the molecule is CC1(CNC(=O)Nc2c(F)cccc2C(=O)O)CCC1. The molecule has 0 unspecified atom stereocenters. The fourth-order valence-corrected chi connectivity index (χ4v) is 2.24. The molecule has 0 atom stereocenters. The number of anilines is 1. The maximum Gasteiger partial charge on any atom is 0.337 e. The van der Waals surface area contributed by atoms with Gasteiger partial charge in [0.2, 0.25) is 0 Å². The van der Waals surface area contributed by atoms with Crippen LogP contribution in [0.2, 0.25) is 0 Å². The van der Waals surface area contributed by atoms with Gasteiger partial charge in [0, 0.05) is 6.54 Å². The van der Waals surface area contributed by atoms with Crippen molar-refractivity contribution >= 4 is 17.7 Å². The zero-order chi connectivity index (χ0) is 14.8. The van der Waals surface area contributed by atoms with E-state index in [4.69, 9.17) is 5.11 Å². The van der Waals surface area contributed by atoms with Gasteiger partial charge in [-0.05, 0) is 30.4 Å². The molecule has 0 heterocycles. The Morgan fingerprint density at radius 1 is 1.40 bits per heavy atom. The van der Waals surface area contributed by atoms with E-state index in [9.17, 15) is 14.0 Å². The van der Waals surface area contributed by atoms with Crippen molar-refractivity contribution in [2.75, 3.05) is 11.9 Å². The average Bonchev–Trinajstić information content (AvgIpc) is 2.36. The van der Waals surface area contributed by atoms with E-state index in [0.717, 1.165) is 25.3 Å². The fourth-order valence-electron chi connectivity index (χ4n) is 2.24. The number of rotatable bonds is 4. The Balaban J connectivity index is 2.02. The number of para-hydroxylation sites is 1. The molecule has 0 saturated heterocycles. The zero-order valence-corrected chi connectivity index (χ0v) is 11.2. The summed E-state index contributed by atoms with van der Waals surface area (Å²) in [6, 6.07) is 3.05. The number of nitrogens with one attached hydrogen (secondary N) is 2. The van der Waals surface area contributed by atoms with Crippen molar-refractivity contribution in [2.24, 2.45) is 5.41 Å². The van der Waals surface area contributed by atoms with Crippen LogP contribution in [0.25, 0.3) is 0 Å². The molecule has 0 aromatic heterocycles. The summed E-state index contributed by atoms with van der Waals surface area (Å²) in [5, 5.41) is 13.9. The second-order valence-electron chi connectivity index (χ2n) is 5.44. The van der Waals surface area contributed by atoms with Gasteiger partial charge in [-0.1, -0.05) is 19.4 Å². The van der Waals surface area contributed by atoms with Crippen LogP contribution in [0.1, 0.15) is 36.5 Å². The van der Waals surface area contributed by atoms with Crippen LogP contribution in [0, 0.1) is 11.2 Å². The molecule has 1 saturated carbocycles. The number of hydrogen-bond donors (Lipinski definition) is 3. The highest BCUT2D eigenvalue weighted by atomic mass is 19.1. The minimum Gasteiger partial charge on any atom is -0.478 e. The van der Waals surface area contributed by atoms with Crippen LogP contribution in [-0.2, 0) is 0 Å². The van der Waals surface area contributed by atoms with Crippen LogP contribution in [-0.4, -0.2) is 23.7 Å². The lowest BCUT2D eigenvalue weighted by Gasteiger charge is -2.38. The van der Waals surface area contributed by atoms with E-state index < -0.39 is 17.8 Å². The minimum atomic E-state index is -1.29. The molecule has 2 amide bonds. The number of carbonyl (C=O) groups excluding carboxylic acids is 1. The van der Waals surface area contributed by atoms with Crippen LogP contribution in [0.4, 0.5) is 14.9 Å². The molecule has 108 valence electrons. The first kappa shape index (κ1) is 14.3. The maximum atomic E-state index is 13.6. The highest BCUT2D eigenvalue weighted by Crippen LogP contribution is 2.39. The summed E-state index contributed by atoms with van der Waals surface area (Å²) in [5.74, 6) is -2.05. The smallest absolute Gasteiger partial charge is 0.337 e. The molecule has 20 heavy (non-hydrogen) atoms. The Bertz CT molecular complexity index is 541. The van der Waals surface area contributed by atoms with Crippen molar-refractivity contribution < 1.29 is 19.1 Å². The van der Waals surface area contributed by atoms with Crippen LogP contribution in [0.3, 0.4) is 0 Å². The molecule has 0 bridgehead atoms. The monoisotopic (exact) mass is 280 g/mol. The summed E-state index contributed by atoms with van der Waals surface area (Å²) in [6.07, 6.45) is 3.25. The molecule has 1 aromatic rings. The molecule has 1 aromatic carbocycles. The van der Waals surface area contributed by atoms with Gasteiger partial charge in [0.05, 0.1) is 11.3 Å². The number of carbonyl (C=O) groups is 2. The van der Waals surface area contributed by atoms with E-state index >= 15 is 0 Å². The van der Waals surface area contributed by atoms with Gasteiger partial charge in [-0.3, -0.25) is 0 Å². The van der Waals surface area contributed by atoms with Gasteiger partial charge in [0.1, 0.15) is 5.82 Å². The maximum absolute atomic E-state index is 13.6. The van der Waals surface area contributed by atoms with Crippen LogP contribution >= 0.6 is 0 Å². The number of benzene rings is 1. The molecule has 0 aliphatic heterocycles. The number of carboxylic acids is 1. The second-order valence-corrected chi connectivity index (χ2v) is 5.44. The van der Waals surface area contributed by atoms with Gasteiger partial charge in [-0.15, -0.1) is 0 Å². The van der Waals surface area contributed by atoms with Crippen LogP contribution in [0.5, 0.6) is 0 Å². The van der Waals surface area contributed by atoms with Crippen molar-refractivity contribution in [1.82, 2.24) is 5.32 Å². The van der Waals surface area contributed by atoms with E-state index in [1.807, 2.05) is 0 Å². The highest BCUT2D eigenvalue weighted by Gasteiger charge is 2.32. The normalized spacial score (nSPS) is 16.1. The molecular weight excluding hydrogens is 263 g/mol. The number of amides is 2. The molecule has 6 heteroatoms. The third-order valence-electron chi connectivity index (χ3n) is 3.72. The summed E-state index contributed by atoms with van der Waals surface area (Å²) in [4.78, 5) is 22.7. The predicted octanol–water partition coefficient (Wildman–Crippen LogP) is 2.84. The lowest BCUT2D eigenvalue weighted by molar-refractivity contribution is 0.0697. The van der Waals surface area contributed by atoms with Crippen molar-refractivity contribution in [2.45, 2.75) is 26.2 Å². The first-order chi connectivity index (χ1) is 9.41. The molecule has 1 aliphatic carbocycles. The van der Waals surface area contributed by atoms with Gasteiger partial charge in [-0.25, -0.2) is 14.0 Å². The molecule has 1 aliphatic rings. The molecule has 2 rings (SSSR count). The van der Waals surface area contributed by atoms with Gasteiger partial charge in [-0.2, -0.15) is 0 Å². The Hall–Kier alpha value is -2.11. The van der Waals surface area contributed by atoms with E-state index in [-0.39, 0.29) is 16.7 Å². The summed E-state index contributed by atoms with van der Waals surface area (Å²) >= 11 is 0. The zero-order valence-electron chi connectivity index (χ0n) is 11.2. The van der Waals surface area contributed by atoms with E-state index in [1.54, 1.807) is 0 Å². The Labute approximate surface area is 116 Å². The van der Waals surface area contributed by atoms with Crippen molar-refractivity contribution in [3.8, 4) is 0 Å². The number of halogens is 1. The van der Waals surface area contributed by atoms with Gasteiger partial charge in [0.25, 0.3) is 0 Å². The first-order valence-electron chi connectivity index (χ1n) is 6.48. The van der Waals surface area contributed by atoms with E-state index in [2.05, 4.69) is 17.6 Å². The topological polar surface area (TPSA) is 78.4 Å². The Morgan fingerprint density at radius 2 is 2.10 bits per heavy atom. The third kappa shape index (κ3) is 3.07. The standard InChI is InChI=1S/C14H17FN2O3/c1-14(6-3-7-14)8-16-13(20)17-11-9(12(18)19)4-2-5-10(11)15/h2,4-5H,3,6-8H2,1H3,(H,18,19)(H2,16,17,20). The molecule has 0 radical (unpaired) electrons. The van der Waals surface area contributed by atoms with Gasteiger partial charge < -0.3 is 15.7 Å². The summed E-state index contributed by atoms with van der Waals surface area (Å²) in [7, 11) is 0. The quantitative estimate of drug-likeness (QED) is 0.793. The Kier molecular flexibility index (Phi) is 3.92. The number of hydrogen-bond acceptors (Lipinski definition) is 2. The van der Waals surface area contributed by atoms with Gasteiger partial charge in [0.15, 0.2) is 0 Å². The molecule has 3 N–H and O–H groups in total. The largest absolute Gasteiger partial charge is 0.478 e. The summed E-state index contributed by atoms with van der Waals surface area (Å²) in [5.41, 5.74) is -0.478. The first-order valence-corrected chi connectivity index (χ1v) is 6.48. The van der Waals surface area contributed by atoms with Crippen molar-refractivity contribution in [3.63, 3.8) is 0 Å². The van der Waals surface area contributed by atoms with Crippen molar-refractivity contribution in [3.05, 3.63) is 29.6 Å². The molecule has 5 nitrogen and oxygen atoms in total. The van der Waals surface area contributed by atoms with Gasteiger partial charge >= 0.3 is 12.0 Å². The summed E-state index contributed by atoms with van der Waals surface area (Å²) in [6.45, 7) is 2.57. The lowest BCUT2D eigenvalue weighted by Crippen LogP contribution is -2.41. The average molecular weight is 280 g/mol. The fraction of sp³-hybridized carbons (Fsp3) is 0.429. The van der Waals surface area contributed by atoms with E-state index in [0.29, 0.717) is 6.54 Å². The molecular formula is C14H17FN2O3. The second kappa shape index (κ2) is 5.48. The number of aromatic carboxylic acids is 1. The summed E-state index contributed by atoms with van der Waals surface area (Å²) < 4.78 is 13.6. The third-order valence-corrected chi connectivity index (χ3v) is 3.72. The minimum absolute atomic E-state index is 0.0994. The van der Waals surface area contributed by atoms with Crippen LogP contribution in [0.15, 0.2) is 18.2 Å². The highest BCUT2D eigenvalue weighted by molar-refractivity contribution is 6.00.